The van der Waals surface area contributed by atoms with Gasteiger partial charge >= 0.3 is 0 Å². The van der Waals surface area contributed by atoms with Crippen LogP contribution in [0.3, 0.4) is 0 Å². The van der Waals surface area contributed by atoms with Crippen molar-refractivity contribution in [3.05, 3.63) is 11.6 Å². The molecule has 0 atom stereocenters. The van der Waals surface area contributed by atoms with E-state index in [2.05, 4.69) is 20.1 Å². The minimum absolute atomic E-state index is 0.724. The molecule has 6 rings (SSSR count). The maximum absolute atomic E-state index is 4.66. The highest BCUT2D eigenvalue weighted by Gasteiger charge is 2.50. The normalized spacial score (nSPS) is 42.5. The Morgan fingerprint density at radius 3 is 2.45 bits per heavy atom. The Bertz CT molecular complexity index is 493. The third kappa shape index (κ3) is 1.63. The van der Waals surface area contributed by atoms with E-state index in [0.717, 1.165) is 49.2 Å². The van der Waals surface area contributed by atoms with Crippen LogP contribution in [0.2, 0.25) is 0 Å². The lowest BCUT2D eigenvalue weighted by molar-refractivity contribution is -0.00692. The highest BCUT2D eigenvalue weighted by molar-refractivity contribution is 5.13. The summed E-state index contributed by atoms with van der Waals surface area (Å²) in [4.78, 5) is 0. The van der Waals surface area contributed by atoms with Crippen LogP contribution < -0.4 is 5.32 Å². The molecule has 1 N–H and O–H groups in total. The van der Waals surface area contributed by atoms with Crippen LogP contribution in [0.15, 0.2) is 0 Å². The lowest BCUT2D eigenvalue weighted by Crippen LogP contribution is -2.44. The molecule has 4 bridgehead atoms. The minimum atomic E-state index is 0.724. The second-order valence-electron chi connectivity index (χ2n) is 7.61. The van der Waals surface area contributed by atoms with Gasteiger partial charge in [-0.05, 0) is 68.7 Å². The van der Waals surface area contributed by atoms with Gasteiger partial charge in [0.2, 0.25) is 0 Å². The van der Waals surface area contributed by atoms with Crippen molar-refractivity contribution in [3.8, 4) is 0 Å². The maximum Gasteiger partial charge on any atom is 0.147 e. The van der Waals surface area contributed by atoms with Crippen molar-refractivity contribution >= 4 is 0 Å². The van der Waals surface area contributed by atoms with Crippen LogP contribution in [0.25, 0.3) is 0 Å². The first-order chi connectivity index (χ1) is 9.88. The number of hydrogen-bond donors (Lipinski definition) is 1. The topological polar surface area (TPSA) is 42.7 Å². The van der Waals surface area contributed by atoms with Crippen LogP contribution in [0.5, 0.6) is 0 Å². The van der Waals surface area contributed by atoms with Crippen LogP contribution in [0, 0.1) is 23.7 Å². The number of hydrogen-bond acceptors (Lipinski definition) is 3. The second kappa shape index (κ2) is 4.30. The fourth-order valence-electron chi connectivity index (χ4n) is 5.88. The Labute approximate surface area is 120 Å². The Morgan fingerprint density at radius 2 is 1.70 bits per heavy atom. The predicted molar refractivity (Wildman–Crippen MR) is 76.1 cm³/mol. The molecule has 0 aromatic carbocycles. The summed E-state index contributed by atoms with van der Waals surface area (Å²) >= 11 is 0. The molecule has 4 aliphatic carbocycles. The van der Waals surface area contributed by atoms with Crippen molar-refractivity contribution in [2.45, 2.75) is 57.5 Å². The van der Waals surface area contributed by atoms with Crippen molar-refractivity contribution in [1.82, 2.24) is 20.1 Å². The summed E-state index contributed by atoms with van der Waals surface area (Å²) in [7, 11) is 0. The number of nitrogens with one attached hydrogen (secondary N) is 1. The third-order valence-corrected chi connectivity index (χ3v) is 6.40. The van der Waals surface area contributed by atoms with E-state index in [1.54, 1.807) is 0 Å². The van der Waals surface area contributed by atoms with Crippen LogP contribution in [-0.4, -0.2) is 21.3 Å². The smallest absolute Gasteiger partial charge is 0.147 e. The van der Waals surface area contributed by atoms with Crippen molar-refractivity contribution in [2.75, 3.05) is 6.54 Å². The molecule has 0 amide bonds. The lowest BCUT2D eigenvalue weighted by Gasteiger charge is -2.54. The third-order valence-electron chi connectivity index (χ3n) is 6.40. The summed E-state index contributed by atoms with van der Waals surface area (Å²) < 4.78 is 2.47. The number of nitrogens with zero attached hydrogens (tertiary/aromatic N) is 3. The van der Waals surface area contributed by atoms with Crippen LogP contribution in [-0.2, 0) is 13.1 Å². The molecule has 4 heteroatoms. The molecule has 4 fully saturated rings. The zero-order valence-corrected chi connectivity index (χ0v) is 12.1. The van der Waals surface area contributed by atoms with Crippen LogP contribution >= 0.6 is 0 Å². The van der Waals surface area contributed by atoms with Gasteiger partial charge in [-0.15, -0.1) is 10.2 Å². The Kier molecular flexibility index (Phi) is 2.52. The maximum atomic E-state index is 4.66. The van der Waals surface area contributed by atoms with Crippen molar-refractivity contribution in [1.29, 1.82) is 0 Å². The molecule has 0 spiro atoms. The first-order valence-electron chi connectivity index (χ1n) is 8.51. The van der Waals surface area contributed by atoms with E-state index in [1.807, 2.05) is 0 Å². The molecule has 1 aromatic heterocycles. The quantitative estimate of drug-likeness (QED) is 0.853. The number of fused-ring (bicyclic) bond motifs is 1. The molecule has 2 heterocycles. The van der Waals surface area contributed by atoms with E-state index < -0.39 is 0 Å². The molecule has 1 aliphatic heterocycles. The summed E-state index contributed by atoms with van der Waals surface area (Å²) in [5, 5.41) is 12.6. The molecule has 4 nitrogen and oxygen atoms in total. The molecule has 0 unspecified atom stereocenters. The summed E-state index contributed by atoms with van der Waals surface area (Å²) in [5.74, 6) is 7.15. The Balaban J connectivity index is 1.52. The zero-order valence-electron chi connectivity index (χ0n) is 12.1. The van der Waals surface area contributed by atoms with Gasteiger partial charge in [0.05, 0.1) is 6.54 Å². The van der Waals surface area contributed by atoms with Crippen molar-refractivity contribution in [3.63, 3.8) is 0 Å². The summed E-state index contributed by atoms with van der Waals surface area (Å²) in [6, 6.07) is 0. The summed E-state index contributed by atoms with van der Waals surface area (Å²) in [6.07, 6.45) is 8.62. The predicted octanol–water partition coefficient (Wildman–Crippen LogP) is 2.31. The van der Waals surface area contributed by atoms with Gasteiger partial charge < -0.3 is 9.88 Å². The number of aromatic nitrogens is 3. The minimum Gasteiger partial charge on any atom is -0.314 e. The average Bonchev–Trinajstić information content (AvgIpc) is 2.67. The van der Waals surface area contributed by atoms with Gasteiger partial charge in [-0.25, -0.2) is 0 Å². The first kappa shape index (κ1) is 11.7. The van der Waals surface area contributed by atoms with Crippen molar-refractivity contribution in [2.24, 2.45) is 23.7 Å². The van der Waals surface area contributed by atoms with Gasteiger partial charge in [-0.3, -0.25) is 0 Å². The number of rotatable bonds is 1. The van der Waals surface area contributed by atoms with E-state index in [1.165, 1.54) is 50.2 Å². The van der Waals surface area contributed by atoms with Gasteiger partial charge in [-0.2, -0.15) is 0 Å². The second-order valence-corrected chi connectivity index (χ2v) is 7.61. The van der Waals surface area contributed by atoms with Gasteiger partial charge in [0.1, 0.15) is 11.6 Å². The molecule has 1 aromatic rings. The summed E-state index contributed by atoms with van der Waals surface area (Å²) in [5.41, 5.74) is 0. The molecular weight excluding hydrogens is 248 g/mol. The highest BCUT2D eigenvalue weighted by atomic mass is 15.3. The van der Waals surface area contributed by atoms with E-state index in [-0.39, 0.29) is 0 Å². The van der Waals surface area contributed by atoms with E-state index in [9.17, 15) is 0 Å². The van der Waals surface area contributed by atoms with Crippen LogP contribution in [0.4, 0.5) is 0 Å². The fraction of sp³-hybridized carbons (Fsp3) is 0.875. The molecule has 0 radical (unpaired) electrons. The largest absolute Gasteiger partial charge is 0.314 e. The lowest BCUT2D eigenvalue weighted by atomic mass is 9.51. The van der Waals surface area contributed by atoms with E-state index in [0.29, 0.717) is 0 Å². The van der Waals surface area contributed by atoms with Gasteiger partial charge in [0.15, 0.2) is 0 Å². The zero-order chi connectivity index (χ0) is 13.1. The Morgan fingerprint density at radius 1 is 0.950 bits per heavy atom. The van der Waals surface area contributed by atoms with E-state index in [4.69, 9.17) is 0 Å². The fourth-order valence-corrected chi connectivity index (χ4v) is 5.88. The van der Waals surface area contributed by atoms with Gasteiger partial charge in [-0.1, -0.05) is 0 Å². The molecule has 5 aliphatic rings. The van der Waals surface area contributed by atoms with Gasteiger partial charge in [0, 0.05) is 12.5 Å². The Hall–Kier alpha value is -0.900. The first-order valence-corrected chi connectivity index (χ1v) is 8.51. The van der Waals surface area contributed by atoms with Crippen LogP contribution in [0.1, 0.15) is 56.1 Å². The monoisotopic (exact) mass is 272 g/mol. The molecule has 20 heavy (non-hydrogen) atoms. The molecular formula is C16H24N4. The van der Waals surface area contributed by atoms with E-state index >= 15 is 0 Å². The molecule has 108 valence electrons. The average molecular weight is 272 g/mol. The van der Waals surface area contributed by atoms with Crippen molar-refractivity contribution < 1.29 is 0 Å². The summed E-state index contributed by atoms with van der Waals surface area (Å²) in [6.45, 7) is 3.14. The molecule has 4 saturated carbocycles. The SMILES string of the molecule is C1CNCc2nnc(C3C4CC5CC(C4)CC3C5)n2C1. The molecule has 0 saturated heterocycles. The highest BCUT2D eigenvalue weighted by Crippen LogP contribution is 2.59. The standard InChI is InChI=1S/C16H24N4/c1-2-17-9-14-18-19-16(20(14)3-1)15-12-5-10-4-11(7-12)8-13(15)6-10/h10-13,15,17H,1-9H2. The van der Waals surface area contributed by atoms with Gasteiger partial charge in [0.25, 0.3) is 0 Å².